The summed E-state index contributed by atoms with van der Waals surface area (Å²) in [5.41, 5.74) is -1.16. The number of unbranched alkanes of at least 4 members (excludes halogenated alkanes) is 1. The minimum absolute atomic E-state index is 0.122. The highest BCUT2D eigenvalue weighted by atomic mass is 79.9. The molecule has 0 radical (unpaired) electrons. The number of ether oxygens (including phenoxy) is 3. The van der Waals surface area contributed by atoms with Gasteiger partial charge < -0.3 is 14.2 Å². The Hall–Kier alpha value is -1.61. The lowest BCUT2D eigenvalue weighted by Gasteiger charge is -2.20. The molecule has 0 fully saturated rings. The van der Waals surface area contributed by atoms with Crippen LogP contribution in [0.1, 0.15) is 50.9 Å². The number of hydrogen-bond acceptors (Lipinski definition) is 7. The summed E-state index contributed by atoms with van der Waals surface area (Å²) in [7, 11) is -3.77. The molecule has 1 aromatic rings. The zero-order valence-electron chi connectivity index (χ0n) is 15.4. The molecule has 0 unspecified atom stereocenters. The third kappa shape index (κ3) is 6.60. The summed E-state index contributed by atoms with van der Waals surface area (Å²) in [4.78, 5) is 24.2. The van der Waals surface area contributed by atoms with Crippen LogP contribution in [-0.2, 0) is 19.3 Å². The van der Waals surface area contributed by atoms with Crippen LogP contribution in [-0.4, -0.2) is 39.0 Å². The van der Waals surface area contributed by atoms with Crippen LogP contribution in [0.2, 0.25) is 0 Å². The Kier molecular flexibility index (Phi) is 7.64. The third-order valence-electron chi connectivity index (χ3n) is 2.98. The molecule has 26 heavy (non-hydrogen) atoms. The second kappa shape index (κ2) is 8.85. The van der Waals surface area contributed by atoms with Gasteiger partial charge in [0.15, 0.2) is 15.6 Å². The summed E-state index contributed by atoms with van der Waals surface area (Å²) in [5, 5.41) is 0. The predicted molar refractivity (Wildman–Crippen MR) is 99.3 cm³/mol. The zero-order chi connectivity index (χ0) is 20.1. The average molecular weight is 451 g/mol. The van der Waals surface area contributed by atoms with E-state index in [2.05, 4.69) is 15.9 Å². The molecule has 0 saturated heterocycles. The lowest BCUT2D eigenvalue weighted by molar-refractivity contribution is 0.0199. The van der Waals surface area contributed by atoms with E-state index in [4.69, 9.17) is 14.2 Å². The maximum Gasteiger partial charge on any atom is 0.514 e. The van der Waals surface area contributed by atoms with Gasteiger partial charge in [0, 0.05) is 6.26 Å². The van der Waals surface area contributed by atoms with E-state index in [1.165, 1.54) is 12.1 Å². The molecule has 0 aliphatic carbocycles. The lowest BCUT2D eigenvalue weighted by atomic mass is 10.2. The first kappa shape index (κ1) is 22.4. The molecule has 7 nitrogen and oxygen atoms in total. The van der Waals surface area contributed by atoms with E-state index in [1.807, 2.05) is 6.92 Å². The number of carbonyl (C=O) groups excluding carboxylic acids is 2. The second-order valence-electron chi connectivity index (χ2n) is 6.58. The van der Waals surface area contributed by atoms with Crippen LogP contribution in [0, 0.1) is 0 Å². The Morgan fingerprint density at radius 1 is 1.19 bits per heavy atom. The number of carbonyl (C=O) groups is 2. The van der Waals surface area contributed by atoms with Gasteiger partial charge in [-0.05, 0) is 55.3 Å². The van der Waals surface area contributed by atoms with Gasteiger partial charge in [0.2, 0.25) is 0 Å². The SMILES string of the molecule is CCCCOC(=O)c1c(S(C)(=O)=O)ccc(Br)c1OC(=O)OC(C)(C)C. The van der Waals surface area contributed by atoms with Crippen LogP contribution in [0.3, 0.4) is 0 Å². The fourth-order valence-corrected chi connectivity index (χ4v) is 3.15. The van der Waals surface area contributed by atoms with Gasteiger partial charge in [-0.1, -0.05) is 13.3 Å². The van der Waals surface area contributed by atoms with E-state index in [-0.39, 0.29) is 27.3 Å². The molecular formula is C17H23BrO7S. The molecule has 9 heteroatoms. The Morgan fingerprint density at radius 2 is 1.81 bits per heavy atom. The molecule has 0 aliphatic heterocycles. The number of sulfone groups is 1. The van der Waals surface area contributed by atoms with Gasteiger partial charge >= 0.3 is 12.1 Å². The molecule has 1 aromatic carbocycles. The Labute approximate surface area is 162 Å². The van der Waals surface area contributed by atoms with Gasteiger partial charge in [0.05, 0.1) is 16.0 Å². The number of rotatable bonds is 6. The zero-order valence-corrected chi connectivity index (χ0v) is 17.8. The summed E-state index contributed by atoms with van der Waals surface area (Å²) >= 11 is 3.17. The van der Waals surface area contributed by atoms with Crippen molar-refractivity contribution in [3.63, 3.8) is 0 Å². The van der Waals surface area contributed by atoms with E-state index in [0.29, 0.717) is 6.42 Å². The minimum Gasteiger partial charge on any atom is -0.462 e. The Morgan fingerprint density at radius 3 is 2.31 bits per heavy atom. The van der Waals surface area contributed by atoms with Crippen molar-refractivity contribution in [3.05, 3.63) is 22.2 Å². The fourth-order valence-electron chi connectivity index (χ4n) is 1.88. The van der Waals surface area contributed by atoms with Crippen molar-refractivity contribution >= 4 is 37.9 Å². The first-order chi connectivity index (χ1) is 11.9. The number of halogens is 1. The average Bonchev–Trinajstić information content (AvgIpc) is 2.46. The summed E-state index contributed by atoms with van der Waals surface area (Å²) in [5.74, 6) is -1.15. The number of benzene rings is 1. The van der Waals surface area contributed by atoms with E-state index in [9.17, 15) is 18.0 Å². The van der Waals surface area contributed by atoms with Crippen molar-refractivity contribution in [1.29, 1.82) is 0 Å². The molecule has 0 saturated carbocycles. The van der Waals surface area contributed by atoms with Crippen molar-refractivity contribution < 1.29 is 32.2 Å². The van der Waals surface area contributed by atoms with E-state index in [1.54, 1.807) is 20.8 Å². The molecule has 0 N–H and O–H groups in total. The Balaban J connectivity index is 3.38. The fraction of sp³-hybridized carbons (Fsp3) is 0.529. The number of hydrogen-bond donors (Lipinski definition) is 0. The Bertz CT molecular complexity index is 779. The molecule has 0 amide bonds. The first-order valence-corrected chi connectivity index (χ1v) is 10.7. The van der Waals surface area contributed by atoms with E-state index < -0.39 is 27.6 Å². The van der Waals surface area contributed by atoms with Crippen molar-refractivity contribution in [2.24, 2.45) is 0 Å². The third-order valence-corrected chi connectivity index (χ3v) is 4.74. The minimum atomic E-state index is -3.77. The van der Waals surface area contributed by atoms with Gasteiger partial charge in [-0.15, -0.1) is 0 Å². The second-order valence-corrected chi connectivity index (χ2v) is 9.42. The van der Waals surface area contributed by atoms with Crippen LogP contribution in [0.15, 0.2) is 21.5 Å². The maximum absolute atomic E-state index is 12.5. The van der Waals surface area contributed by atoms with E-state index >= 15 is 0 Å². The van der Waals surface area contributed by atoms with Crippen LogP contribution in [0.4, 0.5) is 4.79 Å². The molecule has 0 bridgehead atoms. The van der Waals surface area contributed by atoms with Crippen molar-refractivity contribution in [2.45, 2.75) is 51.0 Å². The maximum atomic E-state index is 12.5. The normalized spacial score (nSPS) is 11.8. The lowest BCUT2D eigenvalue weighted by Crippen LogP contribution is -2.27. The van der Waals surface area contributed by atoms with Crippen LogP contribution in [0.25, 0.3) is 0 Å². The smallest absolute Gasteiger partial charge is 0.462 e. The highest BCUT2D eigenvalue weighted by Gasteiger charge is 2.29. The highest BCUT2D eigenvalue weighted by molar-refractivity contribution is 9.10. The monoisotopic (exact) mass is 450 g/mol. The van der Waals surface area contributed by atoms with E-state index in [0.717, 1.165) is 12.7 Å². The summed E-state index contributed by atoms with van der Waals surface area (Å²) in [6, 6.07) is 2.62. The van der Waals surface area contributed by atoms with Gasteiger partial charge in [0.1, 0.15) is 11.2 Å². The van der Waals surface area contributed by atoms with Gasteiger partial charge in [-0.3, -0.25) is 0 Å². The van der Waals surface area contributed by atoms with Crippen molar-refractivity contribution in [2.75, 3.05) is 12.9 Å². The molecule has 0 heterocycles. The molecule has 1 rings (SSSR count). The first-order valence-electron chi connectivity index (χ1n) is 7.97. The molecular weight excluding hydrogens is 428 g/mol. The molecule has 0 aromatic heterocycles. The van der Waals surface area contributed by atoms with Gasteiger partial charge in [-0.2, -0.15) is 0 Å². The predicted octanol–water partition coefficient (Wildman–Crippen LogP) is 4.12. The van der Waals surface area contributed by atoms with Gasteiger partial charge in [0.25, 0.3) is 0 Å². The van der Waals surface area contributed by atoms with Gasteiger partial charge in [-0.25, -0.2) is 18.0 Å². The standard InChI is InChI=1S/C17H23BrO7S/c1-6-7-10-23-15(19)13-12(26(5,21)22)9-8-11(18)14(13)24-16(20)25-17(2,3)4/h8-9H,6-7,10H2,1-5H3. The topological polar surface area (TPSA) is 96.0 Å². The van der Waals surface area contributed by atoms with Crippen LogP contribution >= 0.6 is 15.9 Å². The molecule has 0 atom stereocenters. The van der Waals surface area contributed by atoms with Crippen molar-refractivity contribution in [1.82, 2.24) is 0 Å². The summed E-state index contributed by atoms with van der Waals surface area (Å²) in [6.45, 7) is 6.99. The molecule has 0 aliphatic rings. The van der Waals surface area contributed by atoms with Crippen molar-refractivity contribution in [3.8, 4) is 5.75 Å². The molecule has 0 spiro atoms. The summed E-state index contributed by atoms with van der Waals surface area (Å²) < 4.78 is 39.7. The highest BCUT2D eigenvalue weighted by Crippen LogP contribution is 2.35. The quantitative estimate of drug-likeness (QED) is 0.365. The largest absolute Gasteiger partial charge is 0.514 e. The van der Waals surface area contributed by atoms with Crippen LogP contribution in [0.5, 0.6) is 5.75 Å². The summed E-state index contributed by atoms with van der Waals surface area (Å²) in [6.07, 6.45) is 1.31. The van der Waals surface area contributed by atoms with Crippen LogP contribution < -0.4 is 4.74 Å². The number of esters is 1. The molecule has 146 valence electrons.